The fourth-order valence-electron chi connectivity index (χ4n) is 2.24. The molecule has 0 unspecified atom stereocenters. The second-order valence-electron chi connectivity index (χ2n) is 4.45. The molecule has 0 saturated heterocycles. The molecule has 80 valence electrons. The lowest BCUT2D eigenvalue weighted by Gasteiger charge is -2.21. The molecule has 0 fully saturated rings. The number of rotatable bonds is 0. The molecule has 2 aromatic carbocycles. The van der Waals surface area contributed by atoms with Gasteiger partial charge in [0.05, 0.1) is 0 Å². The van der Waals surface area contributed by atoms with Crippen LogP contribution in [0.25, 0.3) is 11.1 Å². The Balaban J connectivity index is 2.25. The molecule has 1 heteroatoms. The number of ether oxygens (including phenoxy) is 1. The van der Waals surface area contributed by atoms with Gasteiger partial charge in [-0.1, -0.05) is 35.4 Å². The summed E-state index contributed by atoms with van der Waals surface area (Å²) in [7, 11) is 0. The van der Waals surface area contributed by atoms with Crippen LogP contribution in [0.2, 0.25) is 0 Å². The molecule has 0 saturated carbocycles. The minimum atomic E-state index is 0.688. The molecule has 0 aliphatic carbocycles. The fraction of sp³-hybridized carbons (Fsp3) is 0.200. The average molecular weight is 210 g/mol. The summed E-state index contributed by atoms with van der Waals surface area (Å²) in [6.07, 6.45) is 0. The summed E-state index contributed by atoms with van der Waals surface area (Å²) >= 11 is 0. The van der Waals surface area contributed by atoms with Crippen molar-refractivity contribution >= 4 is 0 Å². The maximum Gasteiger partial charge on any atom is 0.127 e. The van der Waals surface area contributed by atoms with E-state index >= 15 is 0 Å². The highest BCUT2D eigenvalue weighted by Gasteiger charge is 2.16. The molecular weight excluding hydrogens is 196 g/mol. The van der Waals surface area contributed by atoms with Crippen LogP contribution >= 0.6 is 0 Å². The monoisotopic (exact) mass is 210 g/mol. The Hall–Kier alpha value is -1.76. The number of hydrogen-bond donors (Lipinski definition) is 0. The third kappa shape index (κ3) is 1.40. The van der Waals surface area contributed by atoms with Crippen molar-refractivity contribution in [2.24, 2.45) is 0 Å². The standard InChI is InChI=1S/C15H14O/c1-10-3-5-13-12(7-10)9-16-15-6-4-11(2)8-14(13)15/h3-8H,9H2,1-2H3. The van der Waals surface area contributed by atoms with E-state index in [0.29, 0.717) is 6.61 Å². The van der Waals surface area contributed by atoms with E-state index in [9.17, 15) is 0 Å². The highest BCUT2D eigenvalue weighted by Crippen LogP contribution is 2.38. The zero-order valence-electron chi connectivity index (χ0n) is 9.58. The van der Waals surface area contributed by atoms with Gasteiger partial charge in [0.25, 0.3) is 0 Å². The Morgan fingerprint density at radius 1 is 0.875 bits per heavy atom. The number of hydrogen-bond acceptors (Lipinski definition) is 1. The van der Waals surface area contributed by atoms with Gasteiger partial charge in [0.1, 0.15) is 12.4 Å². The van der Waals surface area contributed by atoms with E-state index in [1.807, 2.05) is 0 Å². The van der Waals surface area contributed by atoms with Crippen LogP contribution in [0.4, 0.5) is 0 Å². The van der Waals surface area contributed by atoms with Crippen LogP contribution in [0.1, 0.15) is 16.7 Å². The third-order valence-electron chi connectivity index (χ3n) is 3.07. The normalized spacial score (nSPS) is 12.6. The van der Waals surface area contributed by atoms with E-state index in [0.717, 1.165) is 5.75 Å². The van der Waals surface area contributed by atoms with Crippen LogP contribution < -0.4 is 4.74 Å². The molecule has 0 N–H and O–H groups in total. The molecule has 2 aromatic rings. The lowest BCUT2D eigenvalue weighted by molar-refractivity contribution is 0.302. The van der Waals surface area contributed by atoms with Crippen LogP contribution in [0.5, 0.6) is 5.75 Å². The second-order valence-corrected chi connectivity index (χ2v) is 4.45. The summed E-state index contributed by atoms with van der Waals surface area (Å²) < 4.78 is 5.76. The first kappa shape index (κ1) is 9.46. The first-order valence-corrected chi connectivity index (χ1v) is 5.57. The molecule has 0 amide bonds. The minimum Gasteiger partial charge on any atom is -0.488 e. The van der Waals surface area contributed by atoms with Crippen molar-refractivity contribution in [3.8, 4) is 16.9 Å². The molecule has 1 aliphatic heterocycles. The molecule has 0 spiro atoms. The minimum absolute atomic E-state index is 0.688. The highest BCUT2D eigenvalue weighted by molar-refractivity contribution is 5.75. The quantitative estimate of drug-likeness (QED) is 0.641. The van der Waals surface area contributed by atoms with Gasteiger partial charge in [-0.3, -0.25) is 0 Å². The van der Waals surface area contributed by atoms with Gasteiger partial charge in [0.2, 0.25) is 0 Å². The van der Waals surface area contributed by atoms with Crippen LogP contribution in [-0.2, 0) is 6.61 Å². The highest BCUT2D eigenvalue weighted by atomic mass is 16.5. The maximum atomic E-state index is 5.76. The number of benzene rings is 2. The van der Waals surface area contributed by atoms with Gasteiger partial charge >= 0.3 is 0 Å². The maximum absolute atomic E-state index is 5.76. The van der Waals surface area contributed by atoms with Crippen molar-refractivity contribution in [2.75, 3.05) is 0 Å². The summed E-state index contributed by atoms with van der Waals surface area (Å²) in [5.41, 5.74) is 6.39. The van der Waals surface area contributed by atoms with E-state index in [4.69, 9.17) is 4.74 Å². The van der Waals surface area contributed by atoms with Crippen molar-refractivity contribution < 1.29 is 4.74 Å². The fourth-order valence-corrected chi connectivity index (χ4v) is 2.24. The van der Waals surface area contributed by atoms with Gasteiger partial charge in [0.15, 0.2) is 0 Å². The molecule has 0 radical (unpaired) electrons. The predicted octanol–water partition coefficient (Wildman–Crippen LogP) is 3.86. The summed E-state index contributed by atoms with van der Waals surface area (Å²) in [4.78, 5) is 0. The first-order chi connectivity index (χ1) is 7.74. The summed E-state index contributed by atoms with van der Waals surface area (Å²) in [5.74, 6) is 1.00. The van der Waals surface area contributed by atoms with Crippen LogP contribution in [-0.4, -0.2) is 0 Å². The van der Waals surface area contributed by atoms with E-state index in [1.54, 1.807) is 0 Å². The molecule has 0 aromatic heterocycles. The van der Waals surface area contributed by atoms with Gasteiger partial charge in [-0.15, -0.1) is 0 Å². The lowest BCUT2D eigenvalue weighted by Crippen LogP contribution is -2.05. The molecule has 0 atom stereocenters. The van der Waals surface area contributed by atoms with Crippen LogP contribution in [0.3, 0.4) is 0 Å². The Morgan fingerprint density at radius 2 is 1.62 bits per heavy atom. The van der Waals surface area contributed by atoms with Crippen molar-refractivity contribution in [1.82, 2.24) is 0 Å². The average Bonchev–Trinajstić information content (AvgIpc) is 2.28. The van der Waals surface area contributed by atoms with E-state index in [2.05, 4.69) is 50.2 Å². The van der Waals surface area contributed by atoms with E-state index in [-0.39, 0.29) is 0 Å². The van der Waals surface area contributed by atoms with E-state index < -0.39 is 0 Å². The number of fused-ring (bicyclic) bond motifs is 3. The topological polar surface area (TPSA) is 9.23 Å². The summed E-state index contributed by atoms with van der Waals surface area (Å²) in [5, 5.41) is 0. The second kappa shape index (κ2) is 3.38. The largest absolute Gasteiger partial charge is 0.488 e. The smallest absolute Gasteiger partial charge is 0.127 e. The van der Waals surface area contributed by atoms with Gasteiger partial charge in [-0.05, 0) is 37.1 Å². The van der Waals surface area contributed by atoms with Gasteiger partial charge in [-0.2, -0.15) is 0 Å². The molecule has 16 heavy (non-hydrogen) atoms. The lowest BCUT2D eigenvalue weighted by atomic mass is 9.94. The SMILES string of the molecule is Cc1ccc2c(c1)COc1ccc(C)cc1-2. The number of aryl methyl sites for hydroxylation is 2. The first-order valence-electron chi connectivity index (χ1n) is 5.57. The van der Waals surface area contributed by atoms with Crippen LogP contribution in [0.15, 0.2) is 36.4 Å². The van der Waals surface area contributed by atoms with Crippen molar-refractivity contribution in [2.45, 2.75) is 20.5 Å². The molecule has 0 bridgehead atoms. The van der Waals surface area contributed by atoms with Crippen molar-refractivity contribution in [3.05, 3.63) is 53.1 Å². The van der Waals surface area contributed by atoms with Crippen LogP contribution in [0, 0.1) is 13.8 Å². The Kier molecular flexibility index (Phi) is 2.00. The van der Waals surface area contributed by atoms with Gasteiger partial charge < -0.3 is 4.74 Å². The van der Waals surface area contributed by atoms with Crippen molar-refractivity contribution in [3.63, 3.8) is 0 Å². The van der Waals surface area contributed by atoms with Crippen molar-refractivity contribution in [1.29, 1.82) is 0 Å². The molecule has 1 nitrogen and oxygen atoms in total. The third-order valence-corrected chi connectivity index (χ3v) is 3.07. The molecule has 1 heterocycles. The molecular formula is C15H14O. The van der Waals surface area contributed by atoms with Gasteiger partial charge in [-0.25, -0.2) is 0 Å². The Morgan fingerprint density at radius 3 is 2.50 bits per heavy atom. The molecule has 1 aliphatic rings. The zero-order chi connectivity index (χ0) is 11.1. The summed E-state index contributed by atoms with van der Waals surface area (Å²) in [6, 6.07) is 12.9. The Labute approximate surface area is 95.7 Å². The molecule has 3 rings (SSSR count). The predicted molar refractivity (Wildman–Crippen MR) is 65.7 cm³/mol. The van der Waals surface area contributed by atoms with Gasteiger partial charge in [0, 0.05) is 5.56 Å². The Bertz CT molecular complexity index is 555. The zero-order valence-corrected chi connectivity index (χ0v) is 9.58. The summed E-state index contributed by atoms with van der Waals surface area (Å²) in [6.45, 7) is 4.92. The van der Waals surface area contributed by atoms with E-state index in [1.165, 1.54) is 27.8 Å².